The molecular weight excluding hydrogens is 262 g/mol. The molecule has 1 aromatic heterocycles. The van der Waals surface area contributed by atoms with E-state index in [4.69, 9.17) is 22.7 Å². The molecule has 0 unspecified atom stereocenters. The third-order valence-electron chi connectivity index (χ3n) is 3.40. The van der Waals surface area contributed by atoms with E-state index in [0.717, 1.165) is 23.4 Å². The van der Waals surface area contributed by atoms with Gasteiger partial charge in [0.05, 0.1) is 11.7 Å². The van der Waals surface area contributed by atoms with Crippen molar-refractivity contribution in [3.05, 3.63) is 40.4 Å². The molecule has 0 saturated heterocycles. The maximum atomic E-state index is 9.55. The number of aromatic hydroxyl groups is 1. The molecule has 1 aliphatic heterocycles. The molecule has 0 amide bonds. The molecule has 0 fully saturated rings. The van der Waals surface area contributed by atoms with E-state index in [2.05, 4.69) is 4.98 Å². The van der Waals surface area contributed by atoms with E-state index in [1.807, 2.05) is 10.8 Å². The molecule has 0 saturated carbocycles. The van der Waals surface area contributed by atoms with E-state index in [1.54, 1.807) is 18.2 Å². The lowest BCUT2D eigenvalue weighted by molar-refractivity contribution is 0.220. The van der Waals surface area contributed by atoms with Gasteiger partial charge >= 0.3 is 0 Å². The summed E-state index contributed by atoms with van der Waals surface area (Å²) in [6.45, 7) is 0.980. The topological polar surface area (TPSA) is 76.2 Å². The Morgan fingerprint density at radius 1 is 1.53 bits per heavy atom. The molecule has 2 aromatic rings. The number of ether oxygens (including phenoxy) is 1. The van der Waals surface area contributed by atoms with Crippen molar-refractivity contribution >= 4 is 12.2 Å². The quantitative estimate of drug-likeness (QED) is 0.733. The number of phenolic OH excluding ortho intramolecular Hbond substituents is 1. The van der Waals surface area contributed by atoms with Crippen molar-refractivity contribution in [3.8, 4) is 11.5 Å². The Bertz CT molecular complexity index is 662. The fraction of sp³-hybridized carbons (Fsp3) is 0.308. The molecule has 5 nitrogen and oxygen atoms in total. The Morgan fingerprint density at radius 2 is 2.37 bits per heavy atom. The highest BCUT2D eigenvalue weighted by Gasteiger charge is 2.23. The molecule has 19 heavy (non-hydrogen) atoms. The van der Waals surface area contributed by atoms with E-state index < -0.39 is 0 Å². The summed E-state index contributed by atoms with van der Waals surface area (Å²) in [6, 6.07) is 5.26. The first-order chi connectivity index (χ1) is 9.19. The zero-order chi connectivity index (χ0) is 13.4. The average Bonchev–Trinajstić information content (AvgIpc) is 2.79. The van der Waals surface area contributed by atoms with Gasteiger partial charge in [-0.05, 0) is 36.0 Å². The lowest BCUT2D eigenvalue weighted by atomic mass is 10.0. The average molecular weight is 277 g/mol. The van der Waals surface area contributed by atoms with Gasteiger partial charge in [0.2, 0.25) is 0 Å². The first-order valence-electron chi connectivity index (χ1n) is 6.12. The Labute approximate surface area is 115 Å². The summed E-state index contributed by atoms with van der Waals surface area (Å²) in [5.41, 5.74) is 7.67. The van der Waals surface area contributed by atoms with Crippen molar-refractivity contribution in [2.75, 3.05) is 6.61 Å². The molecule has 4 N–H and O–H groups in total. The molecule has 1 aliphatic rings. The van der Waals surface area contributed by atoms with E-state index in [9.17, 15) is 5.11 Å². The number of nitrogens with zero attached hydrogens (tertiary/aromatic N) is 1. The first kappa shape index (κ1) is 12.3. The molecular formula is C13H15N3O2S. The van der Waals surface area contributed by atoms with Gasteiger partial charge < -0.3 is 25.1 Å². The third-order valence-corrected chi connectivity index (χ3v) is 3.71. The SMILES string of the molecule is NCc1c[nH]c(=S)n1[C@H]1COc2ccc(O)cc2C1. The van der Waals surface area contributed by atoms with Crippen LogP contribution in [0.5, 0.6) is 11.5 Å². The van der Waals surface area contributed by atoms with Crippen molar-refractivity contribution in [1.29, 1.82) is 0 Å². The van der Waals surface area contributed by atoms with Crippen LogP contribution in [0.3, 0.4) is 0 Å². The largest absolute Gasteiger partial charge is 0.508 e. The number of phenols is 1. The van der Waals surface area contributed by atoms with Gasteiger partial charge in [-0.1, -0.05) is 0 Å². The molecule has 0 aliphatic carbocycles. The minimum atomic E-state index is 0.103. The minimum absolute atomic E-state index is 0.103. The van der Waals surface area contributed by atoms with Gasteiger partial charge in [-0.3, -0.25) is 0 Å². The van der Waals surface area contributed by atoms with Crippen molar-refractivity contribution < 1.29 is 9.84 Å². The van der Waals surface area contributed by atoms with Crippen LogP contribution < -0.4 is 10.5 Å². The second-order valence-corrected chi connectivity index (χ2v) is 5.01. The number of fused-ring (bicyclic) bond motifs is 1. The van der Waals surface area contributed by atoms with Crippen LogP contribution >= 0.6 is 12.2 Å². The van der Waals surface area contributed by atoms with E-state index >= 15 is 0 Å². The zero-order valence-corrected chi connectivity index (χ0v) is 11.1. The molecule has 0 spiro atoms. The number of nitrogens with one attached hydrogen (secondary N) is 1. The van der Waals surface area contributed by atoms with Gasteiger partial charge in [0.1, 0.15) is 18.1 Å². The normalized spacial score (nSPS) is 17.8. The summed E-state index contributed by atoms with van der Waals surface area (Å²) in [4.78, 5) is 3.01. The van der Waals surface area contributed by atoms with Crippen LogP contribution in [0.25, 0.3) is 0 Å². The highest BCUT2D eigenvalue weighted by Crippen LogP contribution is 2.32. The predicted molar refractivity (Wildman–Crippen MR) is 73.9 cm³/mol. The molecule has 0 bridgehead atoms. The number of nitrogens with two attached hydrogens (primary N) is 1. The smallest absolute Gasteiger partial charge is 0.177 e. The van der Waals surface area contributed by atoms with Crippen LogP contribution in [0, 0.1) is 4.77 Å². The molecule has 2 heterocycles. The second-order valence-electron chi connectivity index (χ2n) is 4.62. The fourth-order valence-corrected chi connectivity index (χ4v) is 2.83. The van der Waals surface area contributed by atoms with Crippen LogP contribution in [-0.2, 0) is 13.0 Å². The zero-order valence-electron chi connectivity index (χ0n) is 10.3. The van der Waals surface area contributed by atoms with E-state index in [-0.39, 0.29) is 11.8 Å². The number of aromatic amines is 1. The minimum Gasteiger partial charge on any atom is -0.508 e. The van der Waals surface area contributed by atoms with Crippen molar-refractivity contribution in [3.63, 3.8) is 0 Å². The number of aromatic nitrogens is 2. The van der Waals surface area contributed by atoms with Crippen molar-refractivity contribution in [2.45, 2.75) is 19.0 Å². The van der Waals surface area contributed by atoms with Gasteiger partial charge in [-0.2, -0.15) is 0 Å². The van der Waals surface area contributed by atoms with Gasteiger partial charge in [0, 0.05) is 19.2 Å². The molecule has 100 valence electrons. The van der Waals surface area contributed by atoms with Crippen LogP contribution in [0.4, 0.5) is 0 Å². The van der Waals surface area contributed by atoms with E-state index in [1.165, 1.54) is 0 Å². The molecule has 6 heteroatoms. The summed E-state index contributed by atoms with van der Waals surface area (Å²) in [5, 5.41) is 9.55. The van der Waals surface area contributed by atoms with Crippen LogP contribution in [-0.4, -0.2) is 21.3 Å². The molecule has 1 aromatic carbocycles. The number of rotatable bonds is 2. The summed E-state index contributed by atoms with van der Waals surface area (Å²) in [7, 11) is 0. The van der Waals surface area contributed by atoms with Crippen molar-refractivity contribution in [2.24, 2.45) is 5.73 Å². The number of H-pyrrole nitrogens is 1. The lowest BCUT2D eigenvalue weighted by Crippen LogP contribution is -2.26. The predicted octanol–water partition coefficient (Wildman–Crippen LogP) is 1.89. The van der Waals surface area contributed by atoms with Gasteiger partial charge in [-0.25, -0.2) is 0 Å². The summed E-state index contributed by atoms with van der Waals surface area (Å²) >= 11 is 5.29. The lowest BCUT2D eigenvalue weighted by Gasteiger charge is -2.27. The van der Waals surface area contributed by atoms with Crippen molar-refractivity contribution in [1.82, 2.24) is 9.55 Å². The Hall–Kier alpha value is -1.79. The molecule has 1 atom stereocenters. The first-order valence-corrected chi connectivity index (χ1v) is 6.53. The number of imidazole rings is 1. The molecule has 0 radical (unpaired) electrons. The summed E-state index contributed by atoms with van der Waals surface area (Å²) in [5.74, 6) is 1.07. The summed E-state index contributed by atoms with van der Waals surface area (Å²) < 4.78 is 8.39. The van der Waals surface area contributed by atoms with E-state index in [0.29, 0.717) is 17.9 Å². The Balaban J connectivity index is 1.97. The van der Waals surface area contributed by atoms with Gasteiger partial charge in [0.15, 0.2) is 4.77 Å². The second kappa shape index (κ2) is 4.71. The number of benzene rings is 1. The maximum absolute atomic E-state index is 9.55. The summed E-state index contributed by atoms with van der Waals surface area (Å²) in [6.07, 6.45) is 2.60. The van der Waals surface area contributed by atoms with Gasteiger partial charge in [0.25, 0.3) is 0 Å². The Kier molecular flexibility index (Phi) is 3.04. The Morgan fingerprint density at radius 3 is 3.16 bits per heavy atom. The highest BCUT2D eigenvalue weighted by atomic mass is 32.1. The third kappa shape index (κ3) is 2.13. The number of hydrogen-bond donors (Lipinski definition) is 3. The molecule has 3 rings (SSSR count). The van der Waals surface area contributed by atoms with Crippen LogP contribution in [0.15, 0.2) is 24.4 Å². The van der Waals surface area contributed by atoms with Crippen LogP contribution in [0.1, 0.15) is 17.3 Å². The number of hydrogen-bond acceptors (Lipinski definition) is 4. The standard InChI is InChI=1S/C13H15N3O2S/c14-5-10-6-15-13(19)16(10)9-3-8-4-11(17)1-2-12(8)18-7-9/h1-2,4,6,9,17H,3,5,7,14H2,(H,15,19)/t9-/m1/s1. The maximum Gasteiger partial charge on any atom is 0.177 e. The fourth-order valence-electron chi connectivity index (χ4n) is 2.50. The highest BCUT2D eigenvalue weighted by molar-refractivity contribution is 7.71. The van der Waals surface area contributed by atoms with Gasteiger partial charge in [-0.15, -0.1) is 0 Å². The monoisotopic (exact) mass is 277 g/mol. The van der Waals surface area contributed by atoms with Crippen LogP contribution in [0.2, 0.25) is 0 Å².